The van der Waals surface area contributed by atoms with Gasteiger partial charge < -0.3 is 14.9 Å². The summed E-state index contributed by atoms with van der Waals surface area (Å²) in [5.74, 6) is -2.28. The Kier molecular flexibility index (Phi) is 6.87. The molecule has 2 aliphatic rings. The molecule has 1 N–H and O–H groups in total. The second-order valence-corrected chi connectivity index (χ2v) is 8.61. The van der Waals surface area contributed by atoms with Crippen LogP contribution in [0.3, 0.4) is 0 Å². The molecule has 32 heavy (non-hydrogen) atoms. The minimum atomic E-state index is -5.08. The molecule has 2 aromatic heterocycles. The summed E-state index contributed by atoms with van der Waals surface area (Å²) in [5, 5.41) is 9.06. The van der Waals surface area contributed by atoms with E-state index in [4.69, 9.17) is 9.90 Å². The van der Waals surface area contributed by atoms with Crippen LogP contribution < -0.4 is 0 Å². The Labute approximate surface area is 186 Å². The molecule has 172 valence electrons. The number of pyridine rings is 1. The van der Waals surface area contributed by atoms with Crippen LogP contribution in [0.15, 0.2) is 42.0 Å². The third-order valence-electron chi connectivity index (χ3n) is 6.07. The first-order chi connectivity index (χ1) is 15.1. The lowest BCUT2D eigenvalue weighted by atomic mass is 9.74. The molecule has 11 heteroatoms. The third-order valence-corrected chi connectivity index (χ3v) is 6.93. The zero-order valence-electron chi connectivity index (χ0n) is 17.2. The van der Waals surface area contributed by atoms with Crippen molar-refractivity contribution in [1.29, 1.82) is 0 Å². The molecule has 1 atom stereocenters. The number of nitrogens with zero attached hydrogens (tertiary/aromatic N) is 3. The molecule has 2 aromatic rings. The number of hydrogen-bond donors (Lipinski definition) is 1. The van der Waals surface area contributed by atoms with Gasteiger partial charge in [-0.1, -0.05) is 6.07 Å². The zero-order chi connectivity index (χ0) is 23.5. The highest BCUT2D eigenvalue weighted by atomic mass is 32.1. The number of carboxylic acid groups (broad SMARTS) is 1. The minimum absolute atomic E-state index is 0.109. The van der Waals surface area contributed by atoms with Gasteiger partial charge in [0.2, 0.25) is 5.91 Å². The van der Waals surface area contributed by atoms with Crippen LogP contribution in [-0.4, -0.2) is 69.5 Å². The monoisotopic (exact) mass is 469 g/mol. The van der Waals surface area contributed by atoms with Gasteiger partial charge in [-0.3, -0.25) is 14.6 Å². The fourth-order valence-electron chi connectivity index (χ4n) is 4.34. The van der Waals surface area contributed by atoms with E-state index in [0.717, 1.165) is 17.7 Å². The Morgan fingerprint density at radius 3 is 2.28 bits per heavy atom. The van der Waals surface area contributed by atoms with Crippen LogP contribution in [0.25, 0.3) is 0 Å². The van der Waals surface area contributed by atoms with Gasteiger partial charge in [0.15, 0.2) is 0 Å². The molecule has 4 rings (SSSR count). The Balaban J connectivity index is 0.000000360. The first-order valence-corrected chi connectivity index (χ1v) is 10.7. The molecule has 2 aliphatic heterocycles. The number of carbonyl (C=O) groups is 3. The van der Waals surface area contributed by atoms with Gasteiger partial charge in [-0.2, -0.15) is 13.2 Å². The predicted octanol–water partition coefficient (Wildman–Crippen LogP) is 3.40. The molecule has 0 aliphatic carbocycles. The van der Waals surface area contributed by atoms with E-state index in [2.05, 4.69) is 4.98 Å². The van der Waals surface area contributed by atoms with E-state index < -0.39 is 12.1 Å². The number of aliphatic carboxylic acids is 1. The normalized spacial score (nSPS) is 20.1. The van der Waals surface area contributed by atoms with Crippen LogP contribution in [0, 0.1) is 0 Å². The number of hydrogen-bond acceptors (Lipinski definition) is 5. The van der Waals surface area contributed by atoms with E-state index in [9.17, 15) is 22.8 Å². The number of rotatable bonds is 2. The van der Waals surface area contributed by atoms with E-state index in [1.807, 2.05) is 46.5 Å². The molecule has 7 nitrogen and oxygen atoms in total. The minimum Gasteiger partial charge on any atom is -0.475 e. The van der Waals surface area contributed by atoms with Gasteiger partial charge in [0.05, 0.1) is 10.4 Å². The number of carboxylic acids is 1. The Morgan fingerprint density at radius 1 is 1.19 bits per heavy atom. The first-order valence-electron chi connectivity index (χ1n) is 9.86. The lowest BCUT2D eigenvalue weighted by molar-refractivity contribution is -0.192. The van der Waals surface area contributed by atoms with E-state index in [1.54, 1.807) is 12.4 Å². The molecule has 0 aromatic carbocycles. The summed E-state index contributed by atoms with van der Waals surface area (Å²) in [6.07, 6.45) is 0.681. The van der Waals surface area contributed by atoms with Crippen LogP contribution in [-0.2, 0) is 9.59 Å². The summed E-state index contributed by atoms with van der Waals surface area (Å²) >= 11 is 1.48. The number of likely N-dealkylation sites (tertiary alicyclic amines) is 2. The van der Waals surface area contributed by atoms with Gasteiger partial charge in [-0.15, -0.1) is 11.3 Å². The fourth-order valence-corrected chi connectivity index (χ4v) is 5.04. The number of alkyl halides is 3. The third kappa shape index (κ3) is 4.77. The standard InChI is InChI=1S/C19H21N3O2S.C2HF3O2/c1-21-17(23)13-15(14-4-8-20-9-5-14)19(21)6-10-22(11-7-19)18(24)16-3-2-12-25-16;3-2(4,5)1(6)7/h2-5,8-9,12,15H,6-7,10-11,13H2,1H3;(H,6,7). The van der Waals surface area contributed by atoms with Crippen LogP contribution in [0.2, 0.25) is 0 Å². The number of halogens is 3. The summed E-state index contributed by atoms with van der Waals surface area (Å²) in [6.45, 7) is 1.38. The highest BCUT2D eigenvalue weighted by Crippen LogP contribution is 2.48. The summed E-state index contributed by atoms with van der Waals surface area (Å²) in [7, 11) is 1.92. The molecular weight excluding hydrogens is 447 g/mol. The molecule has 2 amide bonds. The summed E-state index contributed by atoms with van der Waals surface area (Å²) in [5.41, 5.74) is 0.982. The topological polar surface area (TPSA) is 90.8 Å². The van der Waals surface area contributed by atoms with Crippen molar-refractivity contribution in [2.75, 3.05) is 20.1 Å². The lowest BCUT2D eigenvalue weighted by Crippen LogP contribution is -2.55. The summed E-state index contributed by atoms with van der Waals surface area (Å²) in [6, 6.07) is 7.82. The number of aromatic nitrogens is 1. The zero-order valence-corrected chi connectivity index (χ0v) is 18.0. The van der Waals surface area contributed by atoms with Crippen molar-refractivity contribution >= 4 is 29.1 Å². The van der Waals surface area contributed by atoms with Gasteiger partial charge in [0, 0.05) is 44.9 Å². The molecule has 1 spiro atoms. The van der Waals surface area contributed by atoms with Crippen LogP contribution >= 0.6 is 11.3 Å². The van der Waals surface area contributed by atoms with Gasteiger partial charge >= 0.3 is 12.1 Å². The van der Waals surface area contributed by atoms with E-state index in [-0.39, 0.29) is 23.3 Å². The van der Waals surface area contributed by atoms with Crippen molar-refractivity contribution < 1.29 is 32.7 Å². The fraction of sp³-hybridized carbons (Fsp3) is 0.429. The van der Waals surface area contributed by atoms with Crippen molar-refractivity contribution in [2.24, 2.45) is 0 Å². The quantitative estimate of drug-likeness (QED) is 0.728. The second kappa shape index (κ2) is 9.27. The number of thiophene rings is 1. The van der Waals surface area contributed by atoms with Gasteiger partial charge in [-0.05, 0) is 42.0 Å². The molecule has 4 heterocycles. The molecule has 2 fully saturated rings. The maximum Gasteiger partial charge on any atom is 0.490 e. The van der Waals surface area contributed by atoms with Crippen molar-refractivity contribution in [1.82, 2.24) is 14.8 Å². The van der Waals surface area contributed by atoms with Crippen molar-refractivity contribution in [2.45, 2.75) is 36.9 Å². The maximum absolute atomic E-state index is 12.6. The molecule has 0 bridgehead atoms. The summed E-state index contributed by atoms with van der Waals surface area (Å²) < 4.78 is 31.7. The average Bonchev–Trinajstić information content (AvgIpc) is 3.38. The van der Waals surface area contributed by atoms with Crippen LogP contribution in [0.1, 0.15) is 40.4 Å². The van der Waals surface area contributed by atoms with Gasteiger partial charge in [0.25, 0.3) is 5.91 Å². The van der Waals surface area contributed by atoms with Crippen LogP contribution in [0.5, 0.6) is 0 Å². The predicted molar refractivity (Wildman–Crippen MR) is 110 cm³/mol. The molecule has 1 unspecified atom stereocenters. The number of carbonyl (C=O) groups excluding carboxylic acids is 2. The lowest BCUT2D eigenvalue weighted by Gasteiger charge is -2.46. The van der Waals surface area contributed by atoms with Crippen molar-refractivity contribution in [3.05, 3.63) is 52.5 Å². The number of likely N-dealkylation sites (N-methyl/N-ethyl adjacent to an activating group) is 1. The highest BCUT2D eigenvalue weighted by molar-refractivity contribution is 7.12. The molecule has 0 saturated carbocycles. The van der Waals surface area contributed by atoms with E-state index in [1.165, 1.54) is 16.9 Å². The number of piperidine rings is 1. The highest BCUT2D eigenvalue weighted by Gasteiger charge is 2.53. The van der Waals surface area contributed by atoms with E-state index >= 15 is 0 Å². The molecule has 2 saturated heterocycles. The number of amides is 2. The van der Waals surface area contributed by atoms with Gasteiger partial charge in [0.1, 0.15) is 0 Å². The summed E-state index contributed by atoms with van der Waals surface area (Å²) in [4.78, 5) is 42.7. The van der Waals surface area contributed by atoms with Crippen LogP contribution in [0.4, 0.5) is 13.2 Å². The van der Waals surface area contributed by atoms with Crippen molar-refractivity contribution in [3.63, 3.8) is 0 Å². The molecule has 0 radical (unpaired) electrons. The first kappa shape index (κ1) is 23.7. The Morgan fingerprint density at radius 2 is 1.78 bits per heavy atom. The Hall–Kier alpha value is -2.95. The van der Waals surface area contributed by atoms with Gasteiger partial charge in [-0.25, -0.2) is 4.79 Å². The smallest absolute Gasteiger partial charge is 0.475 e. The average molecular weight is 469 g/mol. The van der Waals surface area contributed by atoms with Crippen molar-refractivity contribution in [3.8, 4) is 0 Å². The van der Waals surface area contributed by atoms with E-state index in [0.29, 0.717) is 19.5 Å². The SMILES string of the molecule is CN1C(=O)CC(c2ccncc2)C12CCN(C(=O)c1cccs1)CC2.O=C(O)C(F)(F)F. The molecular formula is C21H22F3N3O4S. The Bertz CT molecular complexity index is 958. The second-order valence-electron chi connectivity index (χ2n) is 7.67. The largest absolute Gasteiger partial charge is 0.490 e. The maximum atomic E-state index is 12.6.